The van der Waals surface area contributed by atoms with E-state index in [0.29, 0.717) is 19.6 Å². The van der Waals surface area contributed by atoms with Gasteiger partial charge in [0.25, 0.3) is 0 Å². The maximum absolute atomic E-state index is 13.0. The normalized spacial score (nSPS) is 9.76. The Morgan fingerprint density at radius 3 is 2.94 bits per heavy atom. The SMILES string of the molecule is C=CCNC(=O)N(CC)Cc1cccc(F)c1. The lowest BCUT2D eigenvalue weighted by molar-refractivity contribution is 0.199. The quantitative estimate of drug-likeness (QED) is 0.783. The van der Waals surface area contributed by atoms with E-state index in [1.54, 1.807) is 23.1 Å². The third-order valence-electron chi connectivity index (χ3n) is 2.33. The summed E-state index contributed by atoms with van der Waals surface area (Å²) in [6.45, 7) is 6.81. The maximum atomic E-state index is 13.0. The van der Waals surface area contributed by atoms with E-state index in [-0.39, 0.29) is 11.8 Å². The van der Waals surface area contributed by atoms with Gasteiger partial charge in [-0.25, -0.2) is 9.18 Å². The van der Waals surface area contributed by atoms with Crippen LogP contribution in [-0.2, 0) is 6.54 Å². The van der Waals surface area contributed by atoms with Crippen LogP contribution >= 0.6 is 0 Å². The van der Waals surface area contributed by atoms with Crippen molar-refractivity contribution in [2.24, 2.45) is 0 Å². The highest BCUT2D eigenvalue weighted by Crippen LogP contribution is 2.07. The van der Waals surface area contributed by atoms with Gasteiger partial charge in [0, 0.05) is 19.6 Å². The van der Waals surface area contributed by atoms with Crippen molar-refractivity contribution in [1.29, 1.82) is 0 Å². The summed E-state index contributed by atoms with van der Waals surface area (Å²) in [5.74, 6) is -0.287. The molecule has 0 radical (unpaired) electrons. The number of nitrogens with zero attached hydrogens (tertiary/aromatic N) is 1. The number of urea groups is 1. The van der Waals surface area contributed by atoms with Crippen molar-refractivity contribution in [3.8, 4) is 0 Å². The Morgan fingerprint density at radius 1 is 1.59 bits per heavy atom. The van der Waals surface area contributed by atoms with Gasteiger partial charge in [0.2, 0.25) is 0 Å². The molecule has 0 aliphatic carbocycles. The Balaban J connectivity index is 2.63. The van der Waals surface area contributed by atoms with Crippen LogP contribution in [-0.4, -0.2) is 24.0 Å². The molecule has 4 heteroatoms. The number of halogens is 1. The van der Waals surface area contributed by atoms with Crippen LogP contribution in [0.3, 0.4) is 0 Å². The summed E-state index contributed by atoms with van der Waals surface area (Å²) < 4.78 is 13.0. The Kier molecular flexibility index (Phi) is 5.20. The van der Waals surface area contributed by atoms with Gasteiger partial charge in [-0.2, -0.15) is 0 Å². The topological polar surface area (TPSA) is 32.3 Å². The Morgan fingerprint density at radius 2 is 2.35 bits per heavy atom. The predicted molar refractivity (Wildman–Crippen MR) is 66.1 cm³/mol. The standard InChI is InChI=1S/C13H17FN2O/c1-3-8-15-13(17)16(4-2)10-11-6-5-7-12(14)9-11/h3,5-7,9H,1,4,8,10H2,2H3,(H,15,17). The van der Waals surface area contributed by atoms with Gasteiger partial charge in [0.1, 0.15) is 5.82 Å². The van der Waals surface area contributed by atoms with Gasteiger partial charge in [0.05, 0.1) is 0 Å². The van der Waals surface area contributed by atoms with Crippen LogP contribution in [0.4, 0.5) is 9.18 Å². The molecule has 0 saturated carbocycles. The minimum Gasteiger partial charge on any atom is -0.335 e. The summed E-state index contributed by atoms with van der Waals surface area (Å²) in [5.41, 5.74) is 0.778. The molecule has 2 amide bonds. The zero-order chi connectivity index (χ0) is 12.7. The number of carbonyl (C=O) groups is 1. The predicted octanol–water partition coefficient (Wildman–Crippen LogP) is 2.54. The second-order valence-electron chi connectivity index (χ2n) is 3.62. The molecule has 92 valence electrons. The molecule has 0 heterocycles. The highest BCUT2D eigenvalue weighted by molar-refractivity contribution is 5.74. The molecule has 0 fully saturated rings. The van der Waals surface area contributed by atoms with Crippen LogP contribution in [0.2, 0.25) is 0 Å². The van der Waals surface area contributed by atoms with Crippen molar-refractivity contribution in [3.05, 3.63) is 48.3 Å². The molecule has 0 saturated heterocycles. The molecule has 0 bridgehead atoms. The summed E-state index contributed by atoms with van der Waals surface area (Å²) in [4.78, 5) is 13.3. The van der Waals surface area contributed by atoms with Crippen molar-refractivity contribution in [2.45, 2.75) is 13.5 Å². The van der Waals surface area contributed by atoms with Gasteiger partial charge < -0.3 is 10.2 Å². The highest BCUT2D eigenvalue weighted by atomic mass is 19.1. The van der Waals surface area contributed by atoms with Gasteiger partial charge in [-0.3, -0.25) is 0 Å². The molecule has 1 aromatic carbocycles. The molecule has 0 aliphatic rings. The van der Waals surface area contributed by atoms with E-state index in [1.807, 2.05) is 6.92 Å². The number of amides is 2. The van der Waals surface area contributed by atoms with Crippen LogP contribution in [0.5, 0.6) is 0 Å². The zero-order valence-electron chi connectivity index (χ0n) is 9.95. The number of hydrogen-bond acceptors (Lipinski definition) is 1. The largest absolute Gasteiger partial charge is 0.335 e. The number of carbonyl (C=O) groups excluding carboxylic acids is 1. The number of hydrogen-bond donors (Lipinski definition) is 1. The maximum Gasteiger partial charge on any atom is 0.317 e. The summed E-state index contributed by atoms with van der Waals surface area (Å²) in [7, 11) is 0. The summed E-state index contributed by atoms with van der Waals surface area (Å²) in [5, 5.41) is 2.69. The van der Waals surface area contributed by atoms with Gasteiger partial charge in [0.15, 0.2) is 0 Å². The number of nitrogens with one attached hydrogen (secondary N) is 1. The minimum atomic E-state index is -0.287. The lowest BCUT2D eigenvalue weighted by atomic mass is 10.2. The molecule has 3 nitrogen and oxygen atoms in total. The first-order chi connectivity index (χ1) is 8.17. The monoisotopic (exact) mass is 236 g/mol. The van der Waals surface area contributed by atoms with E-state index < -0.39 is 0 Å². The summed E-state index contributed by atoms with van der Waals surface area (Å²) in [6.07, 6.45) is 1.62. The third kappa shape index (κ3) is 4.26. The van der Waals surface area contributed by atoms with Crippen molar-refractivity contribution >= 4 is 6.03 Å². The molecule has 0 unspecified atom stereocenters. The molecule has 1 rings (SSSR count). The number of benzene rings is 1. The Bertz CT molecular complexity index is 393. The first-order valence-electron chi connectivity index (χ1n) is 5.55. The molecule has 0 aliphatic heterocycles. The van der Waals surface area contributed by atoms with Crippen LogP contribution in [0, 0.1) is 5.82 Å². The first-order valence-corrected chi connectivity index (χ1v) is 5.55. The van der Waals surface area contributed by atoms with Crippen LogP contribution in [0.1, 0.15) is 12.5 Å². The van der Waals surface area contributed by atoms with E-state index in [1.165, 1.54) is 12.1 Å². The van der Waals surface area contributed by atoms with Crippen molar-refractivity contribution < 1.29 is 9.18 Å². The minimum absolute atomic E-state index is 0.170. The van der Waals surface area contributed by atoms with Crippen LogP contribution < -0.4 is 5.32 Å². The van der Waals surface area contributed by atoms with Crippen LogP contribution in [0.15, 0.2) is 36.9 Å². The van der Waals surface area contributed by atoms with Gasteiger partial charge in [-0.15, -0.1) is 6.58 Å². The molecule has 0 atom stereocenters. The van der Waals surface area contributed by atoms with E-state index in [9.17, 15) is 9.18 Å². The lowest BCUT2D eigenvalue weighted by Gasteiger charge is -2.21. The summed E-state index contributed by atoms with van der Waals surface area (Å²) in [6, 6.07) is 6.09. The molecular weight excluding hydrogens is 219 g/mol. The summed E-state index contributed by atoms with van der Waals surface area (Å²) >= 11 is 0. The highest BCUT2D eigenvalue weighted by Gasteiger charge is 2.10. The third-order valence-corrected chi connectivity index (χ3v) is 2.33. The lowest BCUT2D eigenvalue weighted by Crippen LogP contribution is -2.39. The molecule has 1 aromatic rings. The van der Waals surface area contributed by atoms with E-state index in [2.05, 4.69) is 11.9 Å². The van der Waals surface area contributed by atoms with Crippen molar-refractivity contribution in [3.63, 3.8) is 0 Å². The second kappa shape index (κ2) is 6.68. The Labute approximate surface area is 101 Å². The van der Waals surface area contributed by atoms with Gasteiger partial charge >= 0.3 is 6.03 Å². The molecule has 1 N–H and O–H groups in total. The molecule has 17 heavy (non-hydrogen) atoms. The fourth-order valence-electron chi connectivity index (χ4n) is 1.45. The van der Waals surface area contributed by atoms with E-state index in [4.69, 9.17) is 0 Å². The zero-order valence-corrected chi connectivity index (χ0v) is 9.95. The van der Waals surface area contributed by atoms with Crippen molar-refractivity contribution in [1.82, 2.24) is 10.2 Å². The smallest absolute Gasteiger partial charge is 0.317 e. The van der Waals surface area contributed by atoms with E-state index in [0.717, 1.165) is 5.56 Å². The fourth-order valence-corrected chi connectivity index (χ4v) is 1.45. The Hall–Kier alpha value is -1.84. The molecule has 0 spiro atoms. The van der Waals surface area contributed by atoms with Crippen molar-refractivity contribution in [2.75, 3.05) is 13.1 Å². The fraction of sp³-hybridized carbons (Fsp3) is 0.308. The number of rotatable bonds is 5. The second-order valence-corrected chi connectivity index (χ2v) is 3.62. The first kappa shape index (κ1) is 13.2. The van der Waals surface area contributed by atoms with Crippen LogP contribution in [0.25, 0.3) is 0 Å². The average molecular weight is 236 g/mol. The molecule has 0 aromatic heterocycles. The molecular formula is C13H17FN2O. The van der Waals surface area contributed by atoms with E-state index >= 15 is 0 Å². The van der Waals surface area contributed by atoms with Gasteiger partial charge in [-0.1, -0.05) is 18.2 Å². The average Bonchev–Trinajstić information content (AvgIpc) is 2.33. The van der Waals surface area contributed by atoms with Gasteiger partial charge in [-0.05, 0) is 24.6 Å².